The van der Waals surface area contributed by atoms with Gasteiger partial charge in [0.1, 0.15) is 22.3 Å². The van der Waals surface area contributed by atoms with Crippen LogP contribution in [-0.2, 0) is 10.8 Å². The molecule has 24 rings (SSSR count). The Bertz CT molecular complexity index is 7090. The van der Waals surface area contributed by atoms with E-state index in [0.717, 1.165) is 92.4 Å². The van der Waals surface area contributed by atoms with Crippen LogP contribution >= 0.6 is 15.9 Å². The second-order valence-corrected chi connectivity index (χ2v) is 29.6. The minimum Gasteiger partial charge on any atom is -0.456 e. The summed E-state index contributed by atoms with van der Waals surface area (Å²) >= 11 is 3.75. The van der Waals surface area contributed by atoms with E-state index in [1.54, 1.807) is 0 Å². The molecule has 20 aromatic rings. The zero-order valence-electron chi connectivity index (χ0n) is 58.0. The molecule has 4 aliphatic rings. The molecule has 4 aliphatic carbocycles. The van der Waals surface area contributed by atoms with Crippen molar-refractivity contribution >= 4 is 115 Å². The number of rotatable bonds is 4. The van der Waals surface area contributed by atoms with Gasteiger partial charge in [0.25, 0.3) is 0 Å². The molecule has 0 fully saturated rings. The van der Waals surface area contributed by atoms with Gasteiger partial charge in [-0.15, -0.1) is 0 Å². The topological polar surface area (TPSA) is 92.5 Å². The van der Waals surface area contributed by atoms with E-state index in [1.165, 1.54) is 122 Å². The molecule has 4 heterocycles. The van der Waals surface area contributed by atoms with Crippen LogP contribution in [0.5, 0.6) is 0 Å². The number of para-hydroxylation sites is 2. The summed E-state index contributed by atoms with van der Waals surface area (Å²) in [5.41, 5.74) is 30.2. The molecule has 0 aliphatic heterocycles. The highest BCUT2D eigenvalue weighted by atomic mass is 79.9. The summed E-state index contributed by atoms with van der Waals surface area (Å²) in [5.74, 6) is 0. The maximum Gasteiger partial charge on any atom is 0.489 e. The first-order chi connectivity index (χ1) is 53.3. The van der Waals surface area contributed by atoms with E-state index in [4.69, 9.17) is 18.8 Å². The Kier molecular flexibility index (Phi) is 14.6. The number of benzene rings is 16. The first-order valence-corrected chi connectivity index (χ1v) is 37.5. The van der Waals surface area contributed by atoms with Crippen LogP contribution in [0.25, 0.3) is 165 Å². The molecule has 2 N–H and O–H groups in total. The summed E-state index contributed by atoms with van der Waals surface area (Å²) in [4.78, 5) is 9.96. The van der Waals surface area contributed by atoms with E-state index < -0.39 is 17.9 Å². The molecule has 0 bridgehead atoms. The van der Waals surface area contributed by atoms with E-state index in [9.17, 15) is 10.0 Å². The molecule has 109 heavy (non-hydrogen) atoms. The minimum atomic E-state index is -1.50. The highest BCUT2D eigenvalue weighted by molar-refractivity contribution is 9.10. The summed E-state index contributed by atoms with van der Waals surface area (Å²) in [5, 5.41) is 33.3. The van der Waals surface area contributed by atoms with Crippen molar-refractivity contribution in [2.45, 2.75) is 18.3 Å². The van der Waals surface area contributed by atoms with Crippen molar-refractivity contribution < 1.29 is 18.9 Å². The third kappa shape index (κ3) is 9.17. The molecule has 2 atom stereocenters. The van der Waals surface area contributed by atoms with Gasteiger partial charge in [0.2, 0.25) is 0 Å². The van der Waals surface area contributed by atoms with E-state index in [0.29, 0.717) is 5.46 Å². The fourth-order valence-corrected chi connectivity index (χ4v) is 19.6. The molecule has 2 unspecified atom stereocenters. The van der Waals surface area contributed by atoms with Crippen LogP contribution in [0, 0.1) is 0 Å². The van der Waals surface area contributed by atoms with Crippen molar-refractivity contribution in [2.24, 2.45) is 0 Å². The van der Waals surface area contributed by atoms with E-state index in [-0.39, 0.29) is 7.43 Å². The fraction of sp³-hybridized carbons (Fsp3) is 0.0297. The van der Waals surface area contributed by atoms with Crippen molar-refractivity contribution in [2.75, 3.05) is 0 Å². The standard InChI is InChI=1S/C50H29NO.C30H16BrNO.C20H15BO2.CH4/c1-2-13-30(14-3-1)47-34-17-4-6-19-36(34)48(37-20-7-5-18-35(37)47)31-24-25-38-43(27-31)50(42-22-12-26-51-49(38)42)41-21-10-8-15-32(41)39-29-46-40(28-44(39)50)33-16-9-11-23-45(33)52-46;31-17-11-12-20-25(14-17)30(24-9-5-13-32-29(20)24)23-8-3-1-6-18(23)21-16-28-22(15-26(21)30)19-7-2-4-10-27(19)33-28;22-21(23)20-17-12-6-4-10-15(17)19(14-8-2-1-3-9-14)16-11-5-7-13-18(16)20;/h1-29H;1-16H;1-13,22-23H;1H4. The maximum atomic E-state index is 9.94. The smallest absolute Gasteiger partial charge is 0.456 e. The molecular formula is C101H64BBrN2O4. The van der Waals surface area contributed by atoms with Gasteiger partial charge >= 0.3 is 7.12 Å². The highest BCUT2D eigenvalue weighted by Gasteiger charge is 2.54. The van der Waals surface area contributed by atoms with Gasteiger partial charge in [0, 0.05) is 49.5 Å². The molecule has 2 spiro atoms. The van der Waals surface area contributed by atoms with Gasteiger partial charge in [-0.1, -0.05) is 296 Å². The van der Waals surface area contributed by atoms with E-state index in [2.05, 4.69) is 271 Å². The van der Waals surface area contributed by atoms with Gasteiger partial charge < -0.3 is 18.9 Å². The number of hydrogen-bond donors (Lipinski definition) is 2. The average Bonchev–Trinajstić information content (AvgIpc) is 1.51. The molecule has 0 saturated carbocycles. The zero-order chi connectivity index (χ0) is 71.5. The molecule has 4 aromatic heterocycles. The van der Waals surface area contributed by atoms with Crippen LogP contribution in [0.3, 0.4) is 0 Å². The Morgan fingerprint density at radius 3 is 1.06 bits per heavy atom. The SMILES string of the molecule is Brc1ccc2c(c1)C1(c3ccccc3-c3cc4oc5ccccc5c4cc31)c1cccnc1-2.C.OB(O)c1c2ccccc2c(-c2ccccc2)c2ccccc12.c1ccc(-c2c3ccccc3c(-c3ccc4c(c3)C3(c5ccccc5-c5cc6oc7ccccc7c6cc53)c3cccnc3-4)c3ccccc23)cc1. The van der Waals surface area contributed by atoms with Gasteiger partial charge in [-0.3, -0.25) is 9.97 Å². The Morgan fingerprint density at radius 2 is 0.606 bits per heavy atom. The lowest BCUT2D eigenvalue weighted by Crippen LogP contribution is -2.31. The monoisotopic (exact) mass is 1460 g/mol. The largest absolute Gasteiger partial charge is 0.489 e. The third-order valence-corrected chi connectivity index (χ3v) is 23.9. The van der Waals surface area contributed by atoms with E-state index in [1.807, 2.05) is 97.3 Å². The lowest BCUT2D eigenvalue weighted by molar-refractivity contribution is 0.426. The van der Waals surface area contributed by atoms with Crippen molar-refractivity contribution in [1.29, 1.82) is 0 Å². The molecule has 512 valence electrons. The van der Waals surface area contributed by atoms with Crippen LogP contribution in [0.15, 0.2) is 365 Å². The van der Waals surface area contributed by atoms with Gasteiger partial charge in [0.05, 0.1) is 22.2 Å². The molecule has 8 heteroatoms. The number of nitrogens with zero attached hydrogens (tertiary/aromatic N) is 2. The normalized spacial score (nSPS) is 14.9. The predicted molar refractivity (Wildman–Crippen MR) is 453 cm³/mol. The third-order valence-electron chi connectivity index (χ3n) is 23.4. The Balaban J connectivity index is 0.000000113. The highest BCUT2D eigenvalue weighted by Crippen LogP contribution is 2.66. The zero-order valence-corrected chi connectivity index (χ0v) is 59.6. The van der Waals surface area contributed by atoms with Gasteiger partial charge in [-0.05, 0) is 215 Å². The second-order valence-electron chi connectivity index (χ2n) is 28.7. The summed E-state index contributed by atoms with van der Waals surface area (Å²) in [6.07, 6.45) is 3.84. The summed E-state index contributed by atoms with van der Waals surface area (Å²) in [7, 11) is -1.50. The molecule has 0 amide bonds. The lowest BCUT2D eigenvalue weighted by atomic mass is 9.70. The lowest BCUT2D eigenvalue weighted by Gasteiger charge is -2.30. The molecule has 0 radical (unpaired) electrons. The molecular weight excluding hydrogens is 1400 g/mol. The minimum absolute atomic E-state index is 0. The van der Waals surface area contributed by atoms with Gasteiger partial charge in [-0.2, -0.15) is 0 Å². The van der Waals surface area contributed by atoms with E-state index >= 15 is 0 Å². The predicted octanol–water partition coefficient (Wildman–Crippen LogP) is 25.0. The average molecular weight is 1460 g/mol. The Hall–Kier alpha value is -13.1. The quantitative estimate of drug-likeness (QED) is 0.135. The fourth-order valence-electron chi connectivity index (χ4n) is 19.2. The molecule has 16 aromatic carbocycles. The summed E-state index contributed by atoms with van der Waals surface area (Å²) in [6.45, 7) is 0. The van der Waals surface area contributed by atoms with Crippen LogP contribution in [0.1, 0.15) is 51.9 Å². The molecule has 6 nitrogen and oxygen atoms in total. The Labute approximate surface area is 637 Å². The van der Waals surface area contributed by atoms with Crippen LogP contribution in [0.4, 0.5) is 0 Å². The summed E-state index contributed by atoms with van der Waals surface area (Å²) < 4.78 is 13.8. The van der Waals surface area contributed by atoms with Crippen LogP contribution in [-0.4, -0.2) is 27.1 Å². The van der Waals surface area contributed by atoms with Crippen molar-refractivity contribution in [3.05, 3.63) is 401 Å². The number of pyridine rings is 2. The summed E-state index contributed by atoms with van der Waals surface area (Å²) in [6, 6.07) is 121. The van der Waals surface area contributed by atoms with Crippen molar-refractivity contribution in [3.63, 3.8) is 0 Å². The van der Waals surface area contributed by atoms with Crippen molar-refractivity contribution in [3.8, 4) is 78.1 Å². The van der Waals surface area contributed by atoms with Crippen LogP contribution < -0.4 is 5.46 Å². The number of hydrogen-bond acceptors (Lipinski definition) is 6. The second kappa shape index (κ2) is 24.8. The first-order valence-electron chi connectivity index (χ1n) is 36.7. The number of fused-ring (bicyclic) bond motifs is 30. The van der Waals surface area contributed by atoms with Gasteiger partial charge in [-0.25, -0.2) is 0 Å². The van der Waals surface area contributed by atoms with Crippen molar-refractivity contribution in [1.82, 2.24) is 9.97 Å². The first kappa shape index (κ1) is 64.3. The molecule has 0 saturated heterocycles. The Morgan fingerprint density at radius 1 is 0.257 bits per heavy atom. The number of furan rings is 2. The van der Waals surface area contributed by atoms with Crippen LogP contribution in [0.2, 0.25) is 0 Å². The maximum absolute atomic E-state index is 9.94. The van der Waals surface area contributed by atoms with Gasteiger partial charge in [0.15, 0.2) is 0 Å². The number of aromatic nitrogens is 2. The number of halogens is 1.